The van der Waals surface area contributed by atoms with Crippen LogP contribution < -0.4 is 10.2 Å². The minimum absolute atomic E-state index is 0.0937. The van der Waals surface area contributed by atoms with E-state index in [1.54, 1.807) is 4.90 Å². The lowest BCUT2D eigenvalue weighted by molar-refractivity contribution is -0.134. The van der Waals surface area contributed by atoms with E-state index in [0.717, 1.165) is 24.3 Å². The molecule has 2 atom stereocenters. The van der Waals surface area contributed by atoms with Crippen molar-refractivity contribution in [1.82, 2.24) is 9.80 Å². The summed E-state index contributed by atoms with van der Waals surface area (Å²) in [4.78, 5) is 30.7. The van der Waals surface area contributed by atoms with Crippen molar-refractivity contribution in [2.24, 2.45) is 11.8 Å². The van der Waals surface area contributed by atoms with Gasteiger partial charge in [-0.15, -0.1) is 0 Å². The lowest BCUT2D eigenvalue weighted by Crippen LogP contribution is -2.52. The van der Waals surface area contributed by atoms with Crippen molar-refractivity contribution in [2.45, 2.75) is 20.3 Å². The first-order valence-electron chi connectivity index (χ1n) is 9.16. The van der Waals surface area contributed by atoms with Gasteiger partial charge in [-0.2, -0.15) is 0 Å². The molecule has 3 amide bonds. The molecular formula is C19H28N4O2. The van der Waals surface area contributed by atoms with E-state index < -0.39 is 0 Å². The summed E-state index contributed by atoms with van der Waals surface area (Å²) in [5.74, 6) is 1.01. The van der Waals surface area contributed by atoms with Gasteiger partial charge in [0.05, 0.1) is 11.4 Å². The maximum atomic E-state index is 12.6. The molecule has 0 aromatic heterocycles. The molecule has 1 aliphatic carbocycles. The average Bonchev–Trinajstić information content (AvgIpc) is 3.37. The molecule has 136 valence electrons. The van der Waals surface area contributed by atoms with Crippen molar-refractivity contribution in [3.63, 3.8) is 0 Å². The molecule has 1 saturated heterocycles. The number of anilines is 2. The van der Waals surface area contributed by atoms with Gasteiger partial charge in [-0.3, -0.25) is 4.79 Å². The zero-order chi connectivity index (χ0) is 18.0. The quantitative estimate of drug-likeness (QED) is 0.913. The van der Waals surface area contributed by atoms with E-state index in [1.807, 2.05) is 36.2 Å². The van der Waals surface area contributed by atoms with E-state index in [4.69, 9.17) is 0 Å². The normalized spacial score (nSPS) is 22.5. The first kappa shape index (κ1) is 17.6. The predicted octanol–water partition coefficient (Wildman–Crippen LogP) is 2.47. The fraction of sp³-hybridized carbons (Fsp3) is 0.579. The van der Waals surface area contributed by atoms with Gasteiger partial charge in [-0.1, -0.05) is 19.1 Å². The third-order valence-electron chi connectivity index (χ3n) is 5.34. The number of amides is 3. The number of carbonyl (C=O) groups excluding carboxylic acids is 2. The Morgan fingerprint density at radius 1 is 1.16 bits per heavy atom. The Bertz CT molecular complexity index is 640. The highest BCUT2D eigenvalue weighted by Crippen LogP contribution is 2.39. The summed E-state index contributed by atoms with van der Waals surface area (Å²) in [7, 11) is 2.01. The molecule has 0 spiro atoms. The van der Waals surface area contributed by atoms with E-state index >= 15 is 0 Å². The second-order valence-electron chi connectivity index (χ2n) is 7.09. The number of nitrogens with zero attached hydrogens (tertiary/aromatic N) is 3. The molecule has 6 heteroatoms. The number of hydrogen-bond acceptors (Lipinski definition) is 3. The highest BCUT2D eigenvalue weighted by molar-refractivity contribution is 5.93. The second kappa shape index (κ2) is 7.33. The summed E-state index contributed by atoms with van der Waals surface area (Å²) in [6.07, 6.45) is 1.02. The van der Waals surface area contributed by atoms with Gasteiger partial charge in [-0.25, -0.2) is 4.79 Å². The van der Waals surface area contributed by atoms with Crippen LogP contribution in [-0.2, 0) is 4.79 Å². The Morgan fingerprint density at radius 3 is 2.36 bits per heavy atom. The van der Waals surface area contributed by atoms with Crippen molar-refractivity contribution in [3.8, 4) is 0 Å². The number of para-hydroxylation sites is 2. The Kier molecular flexibility index (Phi) is 5.16. The van der Waals surface area contributed by atoms with Crippen LogP contribution in [0.5, 0.6) is 0 Å². The molecule has 6 nitrogen and oxygen atoms in total. The maximum absolute atomic E-state index is 12.6. The number of urea groups is 1. The van der Waals surface area contributed by atoms with Gasteiger partial charge in [0.1, 0.15) is 0 Å². The van der Waals surface area contributed by atoms with Gasteiger partial charge in [0.2, 0.25) is 5.91 Å². The van der Waals surface area contributed by atoms with Crippen LogP contribution >= 0.6 is 0 Å². The number of carbonyl (C=O) groups is 2. The van der Waals surface area contributed by atoms with Crippen molar-refractivity contribution >= 4 is 23.3 Å². The smallest absolute Gasteiger partial charge is 0.322 e. The lowest BCUT2D eigenvalue weighted by Gasteiger charge is -2.35. The molecular weight excluding hydrogens is 316 g/mol. The van der Waals surface area contributed by atoms with Crippen LogP contribution in [0.3, 0.4) is 0 Å². The van der Waals surface area contributed by atoms with Gasteiger partial charge in [0, 0.05) is 45.7 Å². The molecule has 2 aliphatic rings. The van der Waals surface area contributed by atoms with E-state index in [2.05, 4.69) is 24.1 Å². The van der Waals surface area contributed by atoms with Crippen LogP contribution in [0, 0.1) is 11.8 Å². The maximum Gasteiger partial charge on any atom is 0.322 e. The summed E-state index contributed by atoms with van der Waals surface area (Å²) >= 11 is 0. The highest BCUT2D eigenvalue weighted by atomic mass is 16.2. The first-order valence-corrected chi connectivity index (χ1v) is 9.16. The molecule has 25 heavy (non-hydrogen) atoms. The number of benzene rings is 1. The predicted molar refractivity (Wildman–Crippen MR) is 99.8 cm³/mol. The Hall–Kier alpha value is -2.24. The van der Waals surface area contributed by atoms with Crippen LogP contribution in [-0.4, -0.2) is 61.5 Å². The van der Waals surface area contributed by atoms with Gasteiger partial charge in [0.15, 0.2) is 0 Å². The zero-order valence-electron chi connectivity index (χ0n) is 15.4. The van der Waals surface area contributed by atoms with Crippen LogP contribution in [0.25, 0.3) is 0 Å². The molecule has 1 aromatic rings. The van der Waals surface area contributed by atoms with Crippen LogP contribution in [0.4, 0.5) is 16.2 Å². The molecule has 0 radical (unpaired) electrons. The number of hydrogen-bond donors (Lipinski definition) is 1. The second-order valence-corrected chi connectivity index (χ2v) is 7.09. The summed E-state index contributed by atoms with van der Waals surface area (Å²) in [6.45, 7) is 7.51. The first-order chi connectivity index (χ1) is 12.0. The minimum atomic E-state index is -0.0937. The molecule has 1 saturated carbocycles. The SMILES string of the molecule is CCN(C)c1ccccc1NC(=O)N1CCN(C(=O)[C@H]2C[C@H]2C)CC1. The van der Waals surface area contributed by atoms with E-state index in [1.165, 1.54) is 0 Å². The molecule has 0 unspecified atom stereocenters. The molecule has 0 bridgehead atoms. The highest BCUT2D eigenvalue weighted by Gasteiger charge is 2.42. The Labute approximate surface area is 149 Å². The van der Waals surface area contributed by atoms with Crippen molar-refractivity contribution < 1.29 is 9.59 Å². The molecule has 1 N–H and O–H groups in total. The van der Waals surface area contributed by atoms with Crippen molar-refractivity contribution in [2.75, 3.05) is 50.0 Å². The molecule has 1 aliphatic heterocycles. The fourth-order valence-electron chi connectivity index (χ4n) is 3.31. The average molecular weight is 344 g/mol. The van der Waals surface area contributed by atoms with Gasteiger partial charge in [-0.05, 0) is 31.4 Å². The van der Waals surface area contributed by atoms with E-state index in [9.17, 15) is 9.59 Å². The van der Waals surface area contributed by atoms with Gasteiger partial charge < -0.3 is 20.0 Å². The minimum Gasteiger partial charge on any atom is -0.373 e. The fourth-order valence-corrected chi connectivity index (χ4v) is 3.31. The third-order valence-corrected chi connectivity index (χ3v) is 5.34. The number of rotatable bonds is 4. The van der Waals surface area contributed by atoms with Crippen molar-refractivity contribution in [3.05, 3.63) is 24.3 Å². The topological polar surface area (TPSA) is 55.9 Å². The summed E-state index contributed by atoms with van der Waals surface area (Å²) in [6, 6.07) is 7.74. The number of piperazine rings is 1. The van der Waals surface area contributed by atoms with E-state index in [-0.39, 0.29) is 17.9 Å². The Morgan fingerprint density at radius 2 is 1.76 bits per heavy atom. The monoisotopic (exact) mass is 344 g/mol. The van der Waals surface area contributed by atoms with Crippen LogP contribution in [0.1, 0.15) is 20.3 Å². The van der Waals surface area contributed by atoms with Crippen LogP contribution in [0.2, 0.25) is 0 Å². The summed E-state index contributed by atoms with van der Waals surface area (Å²) < 4.78 is 0. The lowest BCUT2D eigenvalue weighted by atomic mass is 10.2. The molecule has 2 fully saturated rings. The number of nitrogens with one attached hydrogen (secondary N) is 1. The molecule has 1 heterocycles. The molecule has 1 aromatic carbocycles. The van der Waals surface area contributed by atoms with Crippen LogP contribution in [0.15, 0.2) is 24.3 Å². The summed E-state index contributed by atoms with van der Waals surface area (Å²) in [5, 5.41) is 3.02. The molecule has 3 rings (SSSR count). The largest absolute Gasteiger partial charge is 0.373 e. The van der Waals surface area contributed by atoms with Crippen molar-refractivity contribution in [1.29, 1.82) is 0 Å². The van der Waals surface area contributed by atoms with E-state index in [0.29, 0.717) is 32.1 Å². The standard InChI is InChI=1S/C19H28N4O2/c1-4-21(3)17-8-6-5-7-16(17)20-19(25)23-11-9-22(10-12-23)18(24)15-13-14(15)2/h5-8,14-15H,4,9-13H2,1-3H3,(H,20,25)/t14-,15+/m1/s1. The van der Waals surface area contributed by atoms with Gasteiger partial charge >= 0.3 is 6.03 Å². The zero-order valence-corrected chi connectivity index (χ0v) is 15.4. The van der Waals surface area contributed by atoms with Gasteiger partial charge in [0.25, 0.3) is 0 Å². The summed E-state index contributed by atoms with van der Waals surface area (Å²) in [5.41, 5.74) is 1.83. The third kappa shape index (κ3) is 3.89. The Balaban J connectivity index is 1.56.